The van der Waals surface area contributed by atoms with Crippen LogP contribution in [-0.4, -0.2) is 6.54 Å². The molecule has 0 saturated heterocycles. The highest BCUT2D eigenvalue weighted by atomic mass is 79.9. The maximum absolute atomic E-state index is 6.19. The van der Waals surface area contributed by atoms with Crippen molar-refractivity contribution in [2.45, 2.75) is 20.0 Å². The SMILES string of the molecule is Cc1cc(Br)cc(CCN)c1OCc1cccc(Cl)c1Cl. The zero-order valence-corrected chi connectivity index (χ0v) is 14.7. The molecule has 0 amide bonds. The van der Waals surface area contributed by atoms with E-state index in [1.807, 2.05) is 31.2 Å². The van der Waals surface area contributed by atoms with Gasteiger partial charge in [0.1, 0.15) is 12.4 Å². The van der Waals surface area contributed by atoms with Crippen LogP contribution in [0.3, 0.4) is 0 Å². The van der Waals surface area contributed by atoms with E-state index in [1.165, 1.54) is 0 Å². The lowest BCUT2D eigenvalue weighted by Gasteiger charge is -2.15. The number of halogens is 3. The summed E-state index contributed by atoms with van der Waals surface area (Å²) in [6, 6.07) is 9.59. The first kappa shape index (κ1) is 16.6. The molecular formula is C16H16BrCl2NO. The predicted molar refractivity (Wildman–Crippen MR) is 92.4 cm³/mol. The fourth-order valence-electron chi connectivity index (χ4n) is 2.16. The van der Waals surface area contributed by atoms with Gasteiger partial charge in [0.15, 0.2) is 0 Å². The van der Waals surface area contributed by atoms with Crippen LogP contribution < -0.4 is 10.5 Å². The van der Waals surface area contributed by atoms with E-state index in [0.29, 0.717) is 23.2 Å². The van der Waals surface area contributed by atoms with Gasteiger partial charge < -0.3 is 10.5 Å². The van der Waals surface area contributed by atoms with Crippen molar-refractivity contribution < 1.29 is 4.74 Å². The van der Waals surface area contributed by atoms with Crippen molar-refractivity contribution in [3.8, 4) is 5.75 Å². The molecule has 0 radical (unpaired) electrons. The Morgan fingerprint density at radius 2 is 1.95 bits per heavy atom. The monoisotopic (exact) mass is 387 g/mol. The van der Waals surface area contributed by atoms with E-state index in [9.17, 15) is 0 Å². The van der Waals surface area contributed by atoms with Crippen LogP contribution in [0.5, 0.6) is 5.75 Å². The molecule has 0 aliphatic carbocycles. The van der Waals surface area contributed by atoms with Crippen LogP contribution in [0.25, 0.3) is 0 Å². The van der Waals surface area contributed by atoms with Gasteiger partial charge in [-0.15, -0.1) is 0 Å². The number of hydrogen-bond donors (Lipinski definition) is 1. The quantitative estimate of drug-likeness (QED) is 0.769. The lowest BCUT2D eigenvalue weighted by molar-refractivity contribution is 0.301. The summed E-state index contributed by atoms with van der Waals surface area (Å²) < 4.78 is 7.00. The van der Waals surface area contributed by atoms with Crippen molar-refractivity contribution in [2.75, 3.05) is 6.54 Å². The number of benzene rings is 2. The van der Waals surface area contributed by atoms with Gasteiger partial charge in [0, 0.05) is 10.0 Å². The first-order valence-corrected chi connectivity index (χ1v) is 8.12. The molecule has 112 valence electrons. The molecular weight excluding hydrogens is 373 g/mol. The van der Waals surface area contributed by atoms with Crippen LogP contribution in [0.4, 0.5) is 0 Å². The average molecular weight is 389 g/mol. The molecule has 0 bridgehead atoms. The Morgan fingerprint density at radius 3 is 2.67 bits per heavy atom. The van der Waals surface area contributed by atoms with Crippen LogP contribution in [0, 0.1) is 6.92 Å². The molecule has 0 aliphatic rings. The summed E-state index contributed by atoms with van der Waals surface area (Å²) in [5, 5.41) is 1.07. The molecule has 0 fully saturated rings. The van der Waals surface area contributed by atoms with Crippen LogP contribution in [0.1, 0.15) is 16.7 Å². The van der Waals surface area contributed by atoms with Gasteiger partial charge in [-0.3, -0.25) is 0 Å². The third-order valence-corrected chi connectivity index (χ3v) is 4.45. The van der Waals surface area contributed by atoms with Crippen molar-refractivity contribution in [1.82, 2.24) is 0 Å². The van der Waals surface area contributed by atoms with Crippen LogP contribution in [-0.2, 0) is 13.0 Å². The maximum Gasteiger partial charge on any atom is 0.126 e. The second kappa shape index (κ2) is 7.50. The highest BCUT2D eigenvalue weighted by molar-refractivity contribution is 9.10. The Labute approximate surface area is 143 Å². The second-order valence-electron chi connectivity index (χ2n) is 4.75. The fourth-order valence-corrected chi connectivity index (χ4v) is 3.15. The zero-order valence-electron chi connectivity index (χ0n) is 11.6. The standard InChI is InChI=1S/C16H16BrCl2NO/c1-10-7-13(17)8-11(5-6-20)16(10)21-9-12-3-2-4-14(18)15(12)19/h2-4,7-8H,5-6,9,20H2,1H3. The summed E-state index contributed by atoms with van der Waals surface area (Å²) in [6.07, 6.45) is 0.763. The van der Waals surface area contributed by atoms with Crippen molar-refractivity contribution >= 4 is 39.1 Å². The Kier molecular flexibility index (Phi) is 5.94. The Morgan fingerprint density at radius 1 is 1.19 bits per heavy atom. The van der Waals surface area contributed by atoms with Gasteiger partial charge in [-0.1, -0.05) is 51.3 Å². The van der Waals surface area contributed by atoms with Gasteiger partial charge in [-0.05, 0) is 49.2 Å². The van der Waals surface area contributed by atoms with Crippen molar-refractivity contribution in [3.63, 3.8) is 0 Å². The molecule has 2 N–H and O–H groups in total. The lowest BCUT2D eigenvalue weighted by Crippen LogP contribution is -2.07. The number of aryl methyl sites for hydroxylation is 1. The molecule has 0 unspecified atom stereocenters. The van der Waals surface area contributed by atoms with Crippen LogP contribution in [0.15, 0.2) is 34.8 Å². The summed E-state index contributed by atoms with van der Waals surface area (Å²) in [7, 11) is 0. The van der Waals surface area contributed by atoms with Gasteiger partial charge in [0.05, 0.1) is 10.0 Å². The Bertz CT molecular complexity index is 646. The summed E-state index contributed by atoms with van der Waals surface area (Å²) in [5.74, 6) is 0.861. The van der Waals surface area contributed by atoms with Crippen LogP contribution in [0.2, 0.25) is 10.0 Å². The molecule has 0 saturated carbocycles. The van der Waals surface area contributed by atoms with E-state index in [4.69, 9.17) is 33.7 Å². The average Bonchev–Trinajstić information content (AvgIpc) is 2.42. The maximum atomic E-state index is 6.19. The van der Waals surface area contributed by atoms with Crippen molar-refractivity contribution in [3.05, 3.63) is 61.5 Å². The van der Waals surface area contributed by atoms with E-state index < -0.39 is 0 Å². The molecule has 21 heavy (non-hydrogen) atoms. The van der Waals surface area contributed by atoms with Gasteiger partial charge >= 0.3 is 0 Å². The first-order valence-electron chi connectivity index (χ1n) is 6.57. The van der Waals surface area contributed by atoms with Gasteiger partial charge in [0.2, 0.25) is 0 Å². The molecule has 0 aliphatic heterocycles. The summed E-state index contributed by atoms with van der Waals surface area (Å²) >= 11 is 15.7. The number of ether oxygens (including phenoxy) is 1. The Hall–Kier alpha value is -0.740. The number of hydrogen-bond acceptors (Lipinski definition) is 2. The number of rotatable bonds is 5. The summed E-state index contributed by atoms with van der Waals surface area (Å²) in [4.78, 5) is 0. The molecule has 0 atom stereocenters. The third-order valence-electron chi connectivity index (χ3n) is 3.13. The lowest BCUT2D eigenvalue weighted by atomic mass is 10.1. The minimum Gasteiger partial charge on any atom is -0.488 e. The minimum atomic E-state index is 0.374. The molecule has 2 aromatic rings. The van der Waals surface area contributed by atoms with Crippen molar-refractivity contribution in [1.29, 1.82) is 0 Å². The summed E-state index contributed by atoms with van der Waals surface area (Å²) in [5.41, 5.74) is 8.68. The first-order chi connectivity index (χ1) is 10.0. The van der Waals surface area contributed by atoms with E-state index in [0.717, 1.165) is 33.3 Å². The zero-order chi connectivity index (χ0) is 15.4. The van der Waals surface area contributed by atoms with E-state index in [2.05, 4.69) is 15.9 Å². The molecule has 2 aromatic carbocycles. The molecule has 5 heteroatoms. The van der Waals surface area contributed by atoms with Crippen molar-refractivity contribution in [2.24, 2.45) is 5.73 Å². The molecule has 0 aromatic heterocycles. The third kappa shape index (κ3) is 4.13. The highest BCUT2D eigenvalue weighted by Crippen LogP contribution is 2.31. The fraction of sp³-hybridized carbons (Fsp3) is 0.250. The van der Waals surface area contributed by atoms with Crippen LogP contribution >= 0.6 is 39.1 Å². The topological polar surface area (TPSA) is 35.2 Å². The van der Waals surface area contributed by atoms with Gasteiger partial charge in [0.25, 0.3) is 0 Å². The largest absolute Gasteiger partial charge is 0.488 e. The molecule has 2 nitrogen and oxygen atoms in total. The predicted octanol–water partition coefficient (Wildman–Crippen LogP) is 5.14. The van der Waals surface area contributed by atoms with Gasteiger partial charge in [-0.2, -0.15) is 0 Å². The van der Waals surface area contributed by atoms with E-state index in [1.54, 1.807) is 6.07 Å². The molecule has 0 spiro atoms. The van der Waals surface area contributed by atoms with Gasteiger partial charge in [-0.25, -0.2) is 0 Å². The summed E-state index contributed by atoms with van der Waals surface area (Å²) in [6.45, 7) is 2.96. The highest BCUT2D eigenvalue weighted by Gasteiger charge is 2.11. The van der Waals surface area contributed by atoms with E-state index in [-0.39, 0.29) is 0 Å². The number of nitrogens with two attached hydrogens (primary N) is 1. The Balaban J connectivity index is 2.25. The minimum absolute atomic E-state index is 0.374. The molecule has 0 heterocycles. The normalized spacial score (nSPS) is 10.7. The molecule has 2 rings (SSSR count). The second-order valence-corrected chi connectivity index (χ2v) is 6.45. The smallest absolute Gasteiger partial charge is 0.126 e. The van der Waals surface area contributed by atoms with E-state index >= 15 is 0 Å².